The predicted octanol–water partition coefficient (Wildman–Crippen LogP) is 8.93. The first-order valence-corrected chi connectivity index (χ1v) is 12.1. The molecule has 8 unspecified atom stereocenters. The maximum absolute atomic E-state index is 15.1. The van der Waals surface area contributed by atoms with Crippen LogP contribution >= 0.6 is 0 Å². The first-order valence-electron chi connectivity index (χ1n) is 12.1. The summed E-state index contributed by atoms with van der Waals surface area (Å²) < 4.78 is 148. The molecule has 0 bridgehead atoms. The van der Waals surface area contributed by atoms with E-state index in [0.717, 1.165) is 6.08 Å². The highest BCUT2D eigenvalue weighted by Gasteiger charge is 2.55. The molecule has 11 heteroatoms. The minimum Gasteiger partial charge on any atom is -0.436 e. The molecule has 0 saturated carbocycles. The zero-order valence-corrected chi connectivity index (χ0v) is 19.7. The van der Waals surface area contributed by atoms with Crippen molar-refractivity contribution in [3.63, 3.8) is 0 Å². The Bertz CT molecular complexity index is 1040. The third kappa shape index (κ3) is 5.65. The van der Waals surface area contributed by atoms with Crippen LogP contribution in [0.5, 0.6) is 0 Å². The van der Waals surface area contributed by atoms with Crippen molar-refractivity contribution in [3.8, 4) is 0 Å². The monoisotopic (exact) mass is 544 g/mol. The molecule has 0 aliphatic heterocycles. The molecule has 1 nitrogen and oxygen atoms in total. The Labute approximate surface area is 207 Å². The van der Waals surface area contributed by atoms with Crippen LogP contribution in [0, 0.1) is 35.5 Å². The van der Waals surface area contributed by atoms with Crippen LogP contribution < -0.4 is 0 Å². The van der Waals surface area contributed by atoms with Gasteiger partial charge in [-0.3, -0.25) is 0 Å². The molecule has 4 aliphatic carbocycles. The molecule has 206 valence electrons. The second kappa shape index (κ2) is 10.5. The van der Waals surface area contributed by atoms with E-state index in [-0.39, 0.29) is 18.4 Å². The van der Waals surface area contributed by atoms with Crippen molar-refractivity contribution in [3.05, 3.63) is 59.2 Å². The Hall–Kier alpha value is -2.20. The van der Waals surface area contributed by atoms with Gasteiger partial charge < -0.3 is 4.74 Å². The van der Waals surface area contributed by atoms with E-state index in [4.69, 9.17) is 0 Å². The predicted molar refractivity (Wildman–Crippen MR) is 115 cm³/mol. The van der Waals surface area contributed by atoms with Gasteiger partial charge in [0.15, 0.2) is 17.8 Å². The quantitative estimate of drug-likeness (QED) is 0.314. The van der Waals surface area contributed by atoms with Crippen LogP contribution in [0.4, 0.5) is 43.9 Å². The van der Waals surface area contributed by atoms with E-state index < -0.39 is 102 Å². The lowest BCUT2D eigenvalue weighted by atomic mass is 9.69. The highest BCUT2D eigenvalue weighted by Crippen LogP contribution is 2.50. The number of rotatable bonds is 5. The number of alkyl halides is 5. The highest BCUT2D eigenvalue weighted by atomic mass is 19.3. The summed E-state index contributed by atoms with van der Waals surface area (Å²) in [5.41, 5.74) is 0. The fourth-order valence-electron chi connectivity index (χ4n) is 5.75. The molecule has 4 aliphatic rings. The molecule has 0 fully saturated rings. The van der Waals surface area contributed by atoms with Gasteiger partial charge in [0.25, 0.3) is 0 Å². The van der Waals surface area contributed by atoms with Gasteiger partial charge in [-0.2, -0.15) is 8.78 Å². The van der Waals surface area contributed by atoms with Gasteiger partial charge in [0.1, 0.15) is 35.7 Å². The fourth-order valence-corrected chi connectivity index (χ4v) is 5.75. The minimum atomic E-state index is -4.63. The van der Waals surface area contributed by atoms with Crippen LogP contribution in [-0.4, -0.2) is 24.6 Å². The second-order valence-corrected chi connectivity index (χ2v) is 10.3. The van der Waals surface area contributed by atoms with Gasteiger partial charge in [0.05, 0.1) is 5.83 Å². The second-order valence-electron chi connectivity index (χ2n) is 10.3. The number of ether oxygens (including phenoxy) is 1. The normalized spacial score (nSPS) is 39.5. The van der Waals surface area contributed by atoms with Crippen LogP contribution in [-0.2, 0) is 4.74 Å². The SMILES string of the molecule is CC1C=C(F)C(C2C=C(F)C(C3C=C(F)C(C(F)(F)OC4=CC(F)=C(F)C(F)C4)C(F)C3)[C@@H](F)C2)CC1. The average Bonchev–Trinajstić information content (AvgIpc) is 2.76. The smallest absolute Gasteiger partial charge is 0.409 e. The third-order valence-electron chi connectivity index (χ3n) is 7.62. The van der Waals surface area contributed by atoms with E-state index in [1.165, 1.54) is 6.08 Å². The number of allylic oxidation sites excluding steroid dienone is 9. The maximum Gasteiger partial charge on any atom is 0.409 e. The molecule has 0 aromatic rings. The lowest BCUT2D eigenvalue weighted by Crippen LogP contribution is -2.43. The Morgan fingerprint density at radius 3 is 2.05 bits per heavy atom. The van der Waals surface area contributed by atoms with Gasteiger partial charge in [-0.1, -0.05) is 6.92 Å². The van der Waals surface area contributed by atoms with Crippen molar-refractivity contribution >= 4 is 0 Å². The van der Waals surface area contributed by atoms with E-state index in [2.05, 4.69) is 4.74 Å². The van der Waals surface area contributed by atoms with Crippen molar-refractivity contribution in [1.29, 1.82) is 0 Å². The average molecular weight is 544 g/mol. The number of hydrogen-bond donors (Lipinski definition) is 0. The molecule has 0 spiro atoms. The lowest BCUT2D eigenvalue weighted by molar-refractivity contribution is -0.259. The van der Waals surface area contributed by atoms with Crippen molar-refractivity contribution in [2.45, 2.75) is 63.7 Å². The van der Waals surface area contributed by atoms with Gasteiger partial charge >= 0.3 is 6.11 Å². The van der Waals surface area contributed by atoms with Gasteiger partial charge in [0, 0.05) is 24.3 Å². The Kier molecular flexibility index (Phi) is 7.91. The van der Waals surface area contributed by atoms with Crippen LogP contribution in [0.3, 0.4) is 0 Å². The van der Waals surface area contributed by atoms with Gasteiger partial charge in [0.2, 0.25) is 0 Å². The van der Waals surface area contributed by atoms with Crippen LogP contribution in [0.15, 0.2) is 59.2 Å². The molecule has 0 radical (unpaired) electrons. The summed E-state index contributed by atoms with van der Waals surface area (Å²) >= 11 is 0. The molecule has 0 heterocycles. The van der Waals surface area contributed by atoms with E-state index in [9.17, 15) is 35.1 Å². The maximum atomic E-state index is 15.1. The lowest BCUT2D eigenvalue weighted by Gasteiger charge is -2.39. The first-order chi connectivity index (χ1) is 17.3. The molecule has 0 aromatic carbocycles. The van der Waals surface area contributed by atoms with Gasteiger partial charge in [-0.15, -0.1) is 0 Å². The van der Waals surface area contributed by atoms with Crippen molar-refractivity contribution < 1.29 is 48.6 Å². The molecule has 0 amide bonds. The van der Waals surface area contributed by atoms with E-state index in [1.54, 1.807) is 0 Å². The third-order valence-corrected chi connectivity index (χ3v) is 7.62. The summed E-state index contributed by atoms with van der Waals surface area (Å²) in [4.78, 5) is 0. The molecule has 0 aromatic heterocycles. The van der Waals surface area contributed by atoms with Crippen LogP contribution in [0.2, 0.25) is 0 Å². The van der Waals surface area contributed by atoms with E-state index >= 15 is 8.78 Å². The molecule has 4 rings (SSSR count). The van der Waals surface area contributed by atoms with Crippen molar-refractivity contribution in [2.24, 2.45) is 35.5 Å². The first kappa shape index (κ1) is 27.8. The molecule has 0 N–H and O–H groups in total. The molecular formula is C26H26F10O. The Morgan fingerprint density at radius 2 is 1.46 bits per heavy atom. The number of halogens is 10. The summed E-state index contributed by atoms with van der Waals surface area (Å²) in [6.45, 7) is 1.82. The number of hydrogen-bond acceptors (Lipinski definition) is 1. The van der Waals surface area contributed by atoms with Crippen LogP contribution in [0.1, 0.15) is 39.0 Å². The zero-order valence-electron chi connectivity index (χ0n) is 19.7. The Balaban J connectivity index is 1.51. The molecule has 0 saturated heterocycles. The summed E-state index contributed by atoms with van der Waals surface area (Å²) in [6.07, 6.45) is -9.93. The summed E-state index contributed by atoms with van der Waals surface area (Å²) in [5.74, 6) is -15.3. The summed E-state index contributed by atoms with van der Waals surface area (Å²) in [6, 6.07) is 0. The van der Waals surface area contributed by atoms with Crippen molar-refractivity contribution in [2.75, 3.05) is 0 Å². The standard InChI is InChI=1S/C26H26F10O/c1-11-2-3-15(16(27)4-11)12-5-17(28)23(18(29)6-12)13-7-19(30)24(20(31)8-13)26(35,36)37-14-9-21(32)25(34)22(33)10-14/h4-5,7,9,11-13,15,18,20,22-24H,2-3,6,8,10H2,1H3/t11?,12?,13?,15?,18-,20?,22?,23?,24?/m0/s1. The van der Waals surface area contributed by atoms with Crippen molar-refractivity contribution in [1.82, 2.24) is 0 Å². The topological polar surface area (TPSA) is 9.23 Å². The van der Waals surface area contributed by atoms with Gasteiger partial charge in [-0.05, 0) is 61.7 Å². The summed E-state index contributed by atoms with van der Waals surface area (Å²) in [5, 5.41) is 0. The van der Waals surface area contributed by atoms with E-state index in [0.29, 0.717) is 18.9 Å². The van der Waals surface area contributed by atoms with E-state index in [1.807, 2.05) is 6.92 Å². The molecule has 9 atom stereocenters. The van der Waals surface area contributed by atoms with Crippen LogP contribution in [0.25, 0.3) is 0 Å². The largest absolute Gasteiger partial charge is 0.436 e. The highest BCUT2D eigenvalue weighted by molar-refractivity contribution is 5.27. The fraction of sp³-hybridized carbons (Fsp3) is 0.615. The minimum absolute atomic E-state index is 0.000981. The summed E-state index contributed by atoms with van der Waals surface area (Å²) in [7, 11) is 0. The van der Waals surface area contributed by atoms with Gasteiger partial charge in [-0.25, -0.2) is 35.1 Å². The molecular weight excluding hydrogens is 518 g/mol. The molecule has 37 heavy (non-hydrogen) atoms. The zero-order chi connectivity index (χ0) is 27.2. The Morgan fingerprint density at radius 1 is 0.811 bits per heavy atom.